The smallest absolute Gasteiger partial charge is 0.372 e. The van der Waals surface area contributed by atoms with Gasteiger partial charge in [-0.3, -0.25) is 14.4 Å². The minimum atomic E-state index is -2.04. The van der Waals surface area contributed by atoms with Crippen LogP contribution in [0.5, 0.6) is 0 Å². The van der Waals surface area contributed by atoms with Crippen molar-refractivity contribution in [3.05, 3.63) is 11.6 Å². The van der Waals surface area contributed by atoms with E-state index >= 15 is 4.39 Å². The van der Waals surface area contributed by atoms with Gasteiger partial charge in [-0.1, -0.05) is 19.4 Å². The molecule has 0 heterocycles. The van der Waals surface area contributed by atoms with E-state index in [-0.39, 0.29) is 24.5 Å². The molecule has 0 saturated heterocycles. The van der Waals surface area contributed by atoms with Crippen LogP contribution >= 0.6 is 0 Å². The number of carboxylic acids is 1. The first kappa shape index (κ1) is 18.5. The second kappa shape index (κ2) is 5.58. The maximum Gasteiger partial charge on any atom is 0.372 e. The first-order valence-corrected chi connectivity index (χ1v) is 9.79. The first-order valence-electron chi connectivity index (χ1n) is 9.79. The highest BCUT2D eigenvalue weighted by Crippen LogP contribution is 2.68. The van der Waals surface area contributed by atoms with Crippen molar-refractivity contribution in [1.29, 1.82) is 0 Å². The lowest BCUT2D eigenvalue weighted by atomic mass is 9.44. The van der Waals surface area contributed by atoms with Crippen LogP contribution in [0, 0.1) is 28.6 Å². The Morgan fingerprint density at radius 2 is 1.81 bits per heavy atom. The van der Waals surface area contributed by atoms with Crippen molar-refractivity contribution in [2.75, 3.05) is 0 Å². The largest absolute Gasteiger partial charge is 0.475 e. The van der Waals surface area contributed by atoms with Crippen LogP contribution in [-0.2, 0) is 19.2 Å². The number of alkyl halides is 1. The lowest BCUT2D eigenvalue weighted by Crippen LogP contribution is -2.65. The molecule has 0 amide bonds. The van der Waals surface area contributed by atoms with Crippen LogP contribution < -0.4 is 0 Å². The van der Waals surface area contributed by atoms with Gasteiger partial charge in [0.2, 0.25) is 5.78 Å². The number of hydrogen-bond acceptors (Lipinski definition) is 4. The number of carbonyl (C=O) groups is 4. The Kier molecular flexibility index (Phi) is 3.83. The summed E-state index contributed by atoms with van der Waals surface area (Å²) in [6.45, 7) is 3.57. The molecule has 6 heteroatoms. The Morgan fingerprint density at radius 3 is 2.48 bits per heavy atom. The highest BCUT2D eigenvalue weighted by atomic mass is 19.1. The number of ketones is 3. The van der Waals surface area contributed by atoms with Crippen LogP contribution in [0.4, 0.5) is 4.39 Å². The van der Waals surface area contributed by atoms with Gasteiger partial charge in [0.15, 0.2) is 17.2 Å². The third-order valence-electron chi connectivity index (χ3n) is 8.32. The quantitative estimate of drug-likeness (QED) is 0.748. The fourth-order valence-electron chi connectivity index (χ4n) is 6.87. The van der Waals surface area contributed by atoms with Crippen molar-refractivity contribution in [1.82, 2.24) is 0 Å². The number of fused-ring (bicyclic) bond motifs is 5. The summed E-state index contributed by atoms with van der Waals surface area (Å²) in [5.74, 6) is -4.30. The van der Waals surface area contributed by atoms with Crippen LogP contribution in [-0.4, -0.2) is 34.1 Å². The molecule has 3 saturated carbocycles. The third kappa shape index (κ3) is 2.15. The van der Waals surface area contributed by atoms with E-state index in [0.717, 1.165) is 5.57 Å². The molecule has 4 aliphatic carbocycles. The van der Waals surface area contributed by atoms with Crippen molar-refractivity contribution in [2.45, 2.75) is 64.5 Å². The molecule has 1 N–H and O–H groups in total. The fraction of sp³-hybridized carbons (Fsp3) is 0.714. The molecular weight excluding hydrogens is 351 g/mol. The Hall–Kier alpha value is -1.85. The Labute approximate surface area is 157 Å². The van der Waals surface area contributed by atoms with Crippen molar-refractivity contribution in [3.8, 4) is 0 Å². The van der Waals surface area contributed by atoms with E-state index in [4.69, 9.17) is 5.11 Å². The van der Waals surface area contributed by atoms with Gasteiger partial charge in [-0.2, -0.15) is 0 Å². The minimum Gasteiger partial charge on any atom is -0.475 e. The number of Topliss-reactive ketones (excluding diaryl/α,β-unsaturated/α-hetero) is 2. The molecule has 0 bridgehead atoms. The lowest BCUT2D eigenvalue weighted by Gasteiger charge is -2.59. The molecule has 0 aromatic rings. The molecule has 27 heavy (non-hydrogen) atoms. The second-order valence-electron chi connectivity index (χ2n) is 9.34. The van der Waals surface area contributed by atoms with E-state index in [1.807, 2.05) is 0 Å². The van der Waals surface area contributed by atoms with Crippen molar-refractivity contribution >= 4 is 23.3 Å². The number of halogens is 1. The number of rotatable bonds is 2. The molecule has 6 atom stereocenters. The lowest BCUT2D eigenvalue weighted by molar-refractivity contribution is -0.175. The molecule has 0 spiro atoms. The molecule has 0 aromatic carbocycles. The summed E-state index contributed by atoms with van der Waals surface area (Å²) in [7, 11) is 0. The number of hydrogen-bond donors (Lipinski definition) is 1. The van der Waals surface area contributed by atoms with E-state index < -0.39 is 45.9 Å². The number of allylic oxidation sites excluding steroid dienone is 1. The summed E-state index contributed by atoms with van der Waals surface area (Å²) < 4.78 is 16.7. The predicted octanol–water partition coefficient (Wildman–Crippen LogP) is 3.06. The van der Waals surface area contributed by atoms with E-state index in [9.17, 15) is 19.2 Å². The molecular formula is C21H25FO5. The van der Waals surface area contributed by atoms with Crippen LogP contribution in [0.2, 0.25) is 0 Å². The van der Waals surface area contributed by atoms with Gasteiger partial charge in [-0.25, -0.2) is 9.18 Å². The van der Waals surface area contributed by atoms with Gasteiger partial charge in [0.1, 0.15) is 0 Å². The molecule has 0 unspecified atom stereocenters. The fourth-order valence-corrected chi connectivity index (χ4v) is 6.87. The van der Waals surface area contributed by atoms with E-state index in [2.05, 4.69) is 0 Å². The highest BCUT2D eigenvalue weighted by Gasteiger charge is 2.71. The molecule has 5 nitrogen and oxygen atoms in total. The summed E-state index contributed by atoms with van der Waals surface area (Å²) in [6, 6.07) is 0. The predicted molar refractivity (Wildman–Crippen MR) is 93.6 cm³/mol. The van der Waals surface area contributed by atoms with Gasteiger partial charge in [0.05, 0.1) is 0 Å². The molecule has 4 rings (SSSR count). The topological polar surface area (TPSA) is 88.5 Å². The summed E-state index contributed by atoms with van der Waals surface area (Å²) in [6.07, 6.45) is 4.01. The van der Waals surface area contributed by atoms with Gasteiger partial charge < -0.3 is 5.11 Å². The molecule has 0 radical (unpaired) electrons. The van der Waals surface area contributed by atoms with Crippen LogP contribution in [0.3, 0.4) is 0 Å². The van der Waals surface area contributed by atoms with Crippen LogP contribution in [0.1, 0.15) is 58.8 Å². The van der Waals surface area contributed by atoms with Crippen molar-refractivity contribution in [3.63, 3.8) is 0 Å². The second-order valence-corrected chi connectivity index (χ2v) is 9.34. The summed E-state index contributed by atoms with van der Waals surface area (Å²) in [5.41, 5.74) is -3.07. The zero-order chi connectivity index (χ0) is 19.8. The van der Waals surface area contributed by atoms with Gasteiger partial charge in [0.25, 0.3) is 0 Å². The zero-order valence-electron chi connectivity index (χ0n) is 15.7. The Bertz CT molecular complexity index is 800. The minimum absolute atomic E-state index is 0.00870. The summed E-state index contributed by atoms with van der Waals surface area (Å²) in [4.78, 5) is 48.6. The van der Waals surface area contributed by atoms with Gasteiger partial charge in [-0.15, -0.1) is 0 Å². The average molecular weight is 376 g/mol. The number of carboxylic acid groups (broad SMARTS) is 1. The van der Waals surface area contributed by atoms with Crippen molar-refractivity contribution in [2.24, 2.45) is 28.6 Å². The summed E-state index contributed by atoms with van der Waals surface area (Å²) >= 11 is 0. The van der Waals surface area contributed by atoms with Crippen LogP contribution in [0.15, 0.2) is 11.6 Å². The first-order chi connectivity index (χ1) is 12.6. The van der Waals surface area contributed by atoms with Gasteiger partial charge >= 0.3 is 5.97 Å². The maximum atomic E-state index is 16.7. The van der Waals surface area contributed by atoms with E-state index in [1.165, 1.54) is 6.08 Å². The van der Waals surface area contributed by atoms with Gasteiger partial charge in [0, 0.05) is 30.1 Å². The molecule has 4 aliphatic rings. The van der Waals surface area contributed by atoms with Crippen molar-refractivity contribution < 1.29 is 28.7 Å². The SMILES string of the molecule is C[C@]12CC(=O)[C@@]3(F)[C@@H](CCC4=CC(=O)CC[C@@]43C)[C@@H]1CC[C@@H]2C(=O)C(=O)O. The number of carbonyl (C=O) groups excluding carboxylic acids is 3. The maximum absolute atomic E-state index is 16.7. The third-order valence-corrected chi connectivity index (χ3v) is 8.32. The monoisotopic (exact) mass is 376 g/mol. The normalized spacial score (nSPS) is 46.2. The standard InChI is InChI=1S/C21H25FO5/c1-19-10-16(24)21(22)14(13(19)5-6-15(19)17(25)18(26)27)4-3-11-9-12(23)7-8-20(11,21)2/h9,13-15H,3-8,10H2,1-2H3,(H,26,27)/t13-,14-,15+,19-,20-,21-/m0/s1. The van der Waals surface area contributed by atoms with Crippen LogP contribution in [0.25, 0.3) is 0 Å². The van der Waals surface area contributed by atoms with Gasteiger partial charge in [-0.05, 0) is 49.5 Å². The number of aliphatic carboxylic acids is 1. The zero-order valence-corrected chi connectivity index (χ0v) is 15.7. The molecule has 3 fully saturated rings. The molecule has 0 aromatic heterocycles. The Balaban J connectivity index is 1.77. The molecule has 146 valence electrons. The molecule has 0 aliphatic heterocycles. The Morgan fingerprint density at radius 1 is 1.11 bits per heavy atom. The summed E-state index contributed by atoms with van der Waals surface area (Å²) in [5, 5.41) is 9.17. The van der Waals surface area contributed by atoms with E-state index in [1.54, 1.807) is 13.8 Å². The highest BCUT2D eigenvalue weighted by molar-refractivity contribution is 6.33. The van der Waals surface area contributed by atoms with E-state index in [0.29, 0.717) is 32.1 Å². The average Bonchev–Trinajstić information content (AvgIpc) is 2.93.